The summed E-state index contributed by atoms with van der Waals surface area (Å²) < 4.78 is 0. The molecular formula is C12H25NO2. The Morgan fingerprint density at radius 3 is 2.60 bits per heavy atom. The molecule has 1 fully saturated rings. The van der Waals surface area contributed by atoms with Gasteiger partial charge in [-0.2, -0.15) is 0 Å². The summed E-state index contributed by atoms with van der Waals surface area (Å²) in [5, 5.41) is 21.3. The molecule has 0 amide bonds. The Balaban J connectivity index is 2.35. The van der Waals surface area contributed by atoms with Gasteiger partial charge in [-0.1, -0.05) is 20.8 Å². The molecule has 3 atom stereocenters. The molecule has 3 heteroatoms. The van der Waals surface area contributed by atoms with Crippen LogP contribution in [0.3, 0.4) is 0 Å². The highest BCUT2D eigenvalue weighted by molar-refractivity contribution is 4.86. The highest BCUT2D eigenvalue weighted by Gasteiger charge is 2.31. The molecule has 1 aliphatic rings. The van der Waals surface area contributed by atoms with Crippen molar-refractivity contribution in [3.8, 4) is 0 Å². The van der Waals surface area contributed by atoms with Crippen LogP contribution in [-0.2, 0) is 0 Å². The molecule has 1 aliphatic carbocycles. The normalized spacial score (nSPS) is 32.6. The Kier molecular flexibility index (Phi) is 4.56. The van der Waals surface area contributed by atoms with Crippen LogP contribution in [0.2, 0.25) is 0 Å². The standard InChI is InChI=1S/C12H25NO2/c1-9-4-10(6-12(2,3)5-9)13-7-11(15)8-14/h9-11,13-15H,4-8H2,1-3H3/t9-,10-,11-/m0/s1. The van der Waals surface area contributed by atoms with E-state index in [1.165, 1.54) is 12.8 Å². The van der Waals surface area contributed by atoms with Crippen molar-refractivity contribution in [2.75, 3.05) is 13.2 Å². The number of nitrogens with one attached hydrogen (secondary N) is 1. The largest absolute Gasteiger partial charge is 0.394 e. The van der Waals surface area contributed by atoms with Gasteiger partial charge >= 0.3 is 0 Å². The fourth-order valence-electron chi connectivity index (χ4n) is 2.87. The summed E-state index contributed by atoms with van der Waals surface area (Å²) in [6, 6.07) is 0.491. The minimum atomic E-state index is -0.620. The van der Waals surface area contributed by atoms with Gasteiger partial charge in [-0.3, -0.25) is 0 Å². The van der Waals surface area contributed by atoms with Crippen molar-refractivity contribution in [1.29, 1.82) is 0 Å². The van der Waals surface area contributed by atoms with Crippen LogP contribution in [0.1, 0.15) is 40.0 Å². The molecule has 0 aromatic rings. The summed E-state index contributed by atoms with van der Waals surface area (Å²) in [6.45, 7) is 7.25. The van der Waals surface area contributed by atoms with Crippen LogP contribution < -0.4 is 5.32 Å². The molecule has 3 nitrogen and oxygen atoms in total. The first kappa shape index (κ1) is 12.9. The second-order valence-corrected chi connectivity index (χ2v) is 5.85. The molecule has 3 N–H and O–H groups in total. The predicted octanol–water partition coefficient (Wildman–Crippen LogP) is 1.14. The Bertz CT molecular complexity index is 194. The Morgan fingerprint density at radius 1 is 1.40 bits per heavy atom. The van der Waals surface area contributed by atoms with E-state index in [-0.39, 0.29) is 6.61 Å². The van der Waals surface area contributed by atoms with Gasteiger partial charge in [0.25, 0.3) is 0 Å². The average Bonchev–Trinajstić information content (AvgIpc) is 2.11. The lowest BCUT2D eigenvalue weighted by molar-refractivity contribution is 0.0816. The van der Waals surface area contributed by atoms with Gasteiger partial charge in [0.1, 0.15) is 0 Å². The van der Waals surface area contributed by atoms with Gasteiger partial charge in [0.2, 0.25) is 0 Å². The SMILES string of the molecule is C[C@H]1C[C@H](NC[C@H](O)CO)CC(C)(C)C1. The topological polar surface area (TPSA) is 52.5 Å². The Hall–Kier alpha value is -0.120. The van der Waals surface area contributed by atoms with Gasteiger partial charge in [0.05, 0.1) is 12.7 Å². The molecule has 0 aliphatic heterocycles. The van der Waals surface area contributed by atoms with Crippen LogP contribution in [0, 0.1) is 11.3 Å². The Labute approximate surface area is 92.9 Å². The quantitative estimate of drug-likeness (QED) is 0.659. The molecule has 0 saturated heterocycles. The maximum atomic E-state index is 9.27. The summed E-state index contributed by atoms with van der Waals surface area (Å²) in [7, 11) is 0. The van der Waals surface area contributed by atoms with Crippen LogP contribution in [0.4, 0.5) is 0 Å². The van der Waals surface area contributed by atoms with Gasteiger partial charge in [-0.25, -0.2) is 0 Å². The van der Waals surface area contributed by atoms with Crippen LogP contribution in [0.5, 0.6) is 0 Å². The summed E-state index contributed by atoms with van der Waals surface area (Å²) >= 11 is 0. The van der Waals surface area contributed by atoms with Gasteiger partial charge in [-0.15, -0.1) is 0 Å². The predicted molar refractivity (Wildman–Crippen MR) is 61.7 cm³/mol. The van der Waals surface area contributed by atoms with Crippen LogP contribution >= 0.6 is 0 Å². The molecule has 0 heterocycles. The fourth-order valence-corrected chi connectivity index (χ4v) is 2.87. The number of rotatable bonds is 4. The molecule has 15 heavy (non-hydrogen) atoms. The molecule has 1 rings (SSSR count). The molecule has 0 aromatic heterocycles. The van der Waals surface area contributed by atoms with Crippen LogP contribution in [0.15, 0.2) is 0 Å². The molecule has 1 saturated carbocycles. The van der Waals surface area contributed by atoms with Crippen molar-refractivity contribution < 1.29 is 10.2 Å². The van der Waals surface area contributed by atoms with E-state index in [4.69, 9.17) is 5.11 Å². The number of aliphatic hydroxyl groups is 2. The highest BCUT2D eigenvalue weighted by atomic mass is 16.3. The van der Waals surface area contributed by atoms with Crippen molar-refractivity contribution in [2.45, 2.75) is 52.2 Å². The molecule has 90 valence electrons. The molecule has 0 spiro atoms. The summed E-state index contributed by atoms with van der Waals surface area (Å²) in [5.74, 6) is 0.748. The van der Waals surface area contributed by atoms with Crippen molar-refractivity contribution >= 4 is 0 Å². The second-order valence-electron chi connectivity index (χ2n) is 5.85. The molecule has 0 aromatic carbocycles. The second kappa shape index (κ2) is 5.28. The summed E-state index contributed by atoms with van der Waals surface area (Å²) in [5.41, 5.74) is 0.402. The number of hydrogen-bond acceptors (Lipinski definition) is 3. The van der Waals surface area contributed by atoms with Crippen molar-refractivity contribution in [3.63, 3.8) is 0 Å². The average molecular weight is 215 g/mol. The van der Waals surface area contributed by atoms with E-state index in [0.717, 1.165) is 12.3 Å². The summed E-state index contributed by atoms with van der Waals surface area (Å²) in [6.07, 6.45) is 3.01. The smallest absolute Gasteiger partial charge is 0.0895 e. The monoisotopic (exact) mass is 215 g/mol. The lowest BCUT2D eigenvalue weighted by Gasteiger charge is -2.39. The minimum absolute atomic E-state index is 0.154. The number of aliphatic hydroxyl groups excluding tert-OH is 2. The third-order valence-electron chi connectivity index (χ3n) is 3.24. The third kappa shape index (κ3) is 4.49. The van der Waals surface area contributed by atoms with E-state index in [9.17, 15) is 5.11 Å². The lowest BCUT2D eigenvalue weighted by Crippen LogP contribution is -2.43. The van der Waals surface area contributed by atoms with Crippen molar-refractivity contribution in [3.05, 3.63) is 0 Å². The zero-order valence-electron chi connectivity index (χ0n) is 10.2. The maximum Gasteiger partial charge on any atom is 0.0895 e. The first-order valence-electron chi connectivity index (χ1n) is 5.95. The lowest BCUT2D eigenvalue weighted by atomic mass is 9.70. The van der Waals surface area contributed by atoms with Gasteiger partial charge in [0.15, 0.2) is 0 Å². The third-order valence-corrected chi connectivity index (χ3v) is 3.24. The zero-order chi connectivity index (χ0) is 11.5. The molecule has 0 radical (unpaired) electrons. The van der Waals surface area contributed by atoms with Crippen LogP contribution in [-0.4, -0.2) is 35.5 Å². The van der Waals surface area contributed by atoms with Crippen LogP contribution in [0.25, 0.3) is 0 Å². The minimum Gasteiger partial charge on any atom is -0.394 e. The van der Waals surface area contributed by atoms with E-state index in [0.29, 0.717) is 18.0 Å². The first-order valence-corrected chi connectivity index (χ1v) is 5.95. The zero-order valence-corrected chi connectivity index (χ0v) is 10.2. The first-order chi connectivity index (χ1) is 6.93. The Morgan fingerprint density at radius 2 is 2.07 bits per heavy atom. The summed E-state index contributed by atoms with van der Waals surface area (Å²) in [4.78, 5) is 0. The van der Waals surface area contributed by atoms with E-state index in [1.54, 1.807) is 0 Å². The van der Waals surface area contributed by atoms with E-state index >= 15 is 0 Å². The van der Waals surface area contributed by atoms with E-state index in [2.05, 4.69) is 26.1 Å². The van der Waals surface area contributed by atoms with Gasteiger partial charge in [-0.05, 0) is 30.6 Å². The molecule has 0 unspecified atom stereocenters. The fraction of sp³-hybridized carbons (Fsp3) is 1.00. The number of hydrogen-bond donors (Lipinski definition) is 3. The van der Waals surface area contributed by atoms with Crippen molar-refractivity contribution in [2.24, 2.45) is 11.3 Å². The van der Waals surface area contributed by atoms with E-state index < -0.39 is 6.10 Å². The highest BCUT2D eigenvalue weighted by Crippen LogP contribution is 2.38. The maximum absolute atomic E-state index is 9.27. The van der Waals surface area contributed by atoms with Gasteiger partial charge in [0, 0.05) is 12.6 Å². The van der Waals surface area contributed by atoms with Gasteiger partial charge < -0.3 is 15.5 Å². The van der Waals surface area contributed by atoms with Crippen molar-refractivity contribution in [1.82, 2.24) is 5.32 Å². The van der Waals surface area contributed by atoms with E-state index in [1.807, 2.05) is 0 Å². The molecular weight excluding hydrogens is 190 g/mol. The molecule has 0 bridgehead atoms.